The number of allylic oxidation sites excluding steroid dienone is 1. The molecule has 2 saturated heterocycles. The maximum absolute atomic E-state index is 12.4. The van der Waals surface area contributed by atoms with Crippen molar-refractivity contribution in [1.29, 1.82) is 0 Å². The molecule has 2 aliphatic heterocycles. The zero-order valence-electron chi connectivity index (χ0n) is 15.5. The van der Waals surface area contributed by atoms with Crippen molar-refractivity contribution in [3.8, 4) is 0 Å². The van der Waals surface area contributed by atoms with Crippen molar-refractivity contribution < 1.29 is 14.3 Å². The van der Waals surface area contributed by atoms with E-state index in [1.54, 1.807) is 0 Å². The van der Waals surface area contributed by atoms with Gasteiger partial charge in [0.1, 0.15) is 0 Å². The molecule has 4 fully saturated rings. The summed E-state index contributed by atoms with van der Waals surface area (Å²) in [7, 11) is 0. The van der Waals surface area contributed by atoms with Crippen molar-refractivity contribution >= 4 is 5.78 Å². The predicted octanol–water partition coefficient (Wildman–Crippen LogP) is 4.47. The monoisotopic (exact) mass is 332 g/mol. The molecule has 0 spiro atoms. The van der Waals surface area contributed by atoms with Crippen LogP contribution in [0.5, 0.6) is 0 Å². The first-order valence-electron chi connectivity index (χ1n) is 9.40. The number of ketones is 1. The molecular formula is C21H32O3. The fourth-order valence-corrected chi connectivity index (χ4v) is 4.96. The topological polar surface area (TPSA) is 42.1 Å². The summed E-state index contributed by atoms with van der Waals surface area (Å²) in [6.07, 6.45) is 6.71. The van der Waals surface area contributed by atoms with Crippen molar-refractivity contribution in [3.63, 3.8) is 0 Å². The van der Waals surface area contributed by atoms with E-state index >= 15 is 0 Å². The quantitative estimate of drug-likeness (QED) is 0.373. The minimum atomic E-state index is 0.0237. The number of hydrogen-bond acceptors (Lipinski definition) is 3. The number of carbonyl (C=O) groups excluding carboxylic acids is 1. The van der Waals surface area contributed by atoms with Crippen LogP contribution >= 0.6 is 0 Å². The smallest absolute Gasteiger partial charge is 0.158 e. The van der Waals surface area contributed by atoms with Crippen LogP contribution < -0.4 is 0 Å². The molecule has 4 rings (SSSR count). The van der Waals surface area contributed by atoms with Crippen LogP contribution in [0.25, 0.3) is 0 Å². The summed E-state index contributed by atoms with van der Waals surface area (Å²) >= 11 is 0. The van der Waals surface area contributed by atoms with Crippen LogP contribution in [0.3, 0.4) is 0 Å². The van der Waals surface area contributed by atoms with Crippen molar-refractivity contribution in [2.45, 2.75) is 82.7 Å². The molecular weight excluding hydrogens is 300 g/mol. The average Bonchev–Trinajstić information content (AvgIpc) is 3.41. The maximum atomic E-state index is 12.4. The Morgan fingerprint density at radius 1 is 1.04 bits per heavy atom. The molecule has 0 aromatic rings. The molecule has 134 valence electrons. The second-order valence-corrected chi connectivity index (χ2v) is 8.53. The van der Waals surface area contributed by atoms with Gasteiger partial charge in [-0.2, -0.15) is 0 Å². The highest BCUT2D eigenvalue weighted by molar-refractivity contribution is 5.96. The number of hydrogen-bond donors (Lipinski definition) is 0. The minimum absolute atomic E-state index is 0.0237. The van der Waals surface area contributed by atoms with E-state index in [1.165, 1.54) is 0 Å². The van der Waals surface area contributed by atoms with Gasteiger partial charge in [-0.15, -0.1) is 13.2 Å². The molecule has 7 unspecified atom stereocenters. The molecule has 2 aliphatic carbocycles. The van der Waals surface area contributed by atoms with Crippen LogP contribution in [0.2, 0.25) is 0 Å². The highest BCUT2D eigenvalue weighted by Gasteiger charge is 2.58. The molecule has 0 aromatic heterocycles. The lowest BCUT2D eigenvalue weighted by atomic mass is 9.66. The highest BCUT2D eigenvalue weighted by atomic mass is 16.6. The van der Waals surface area contributed by atoms with Gasteiger partial charge in [-0.25, -0.2) is 0 Å². The second-order valence-electron chi connectivity index (χ2n) is 8.53. The van der Waals surface area contributed by atoms with E-state index in [9.17, 15) is 4.79 Å². The van der Waals surface area contributed by atoms with Crippen molar-refractivity contribution in [3.05, 3.63) is 25.3 Å². The Bertz CT molecular complexity index is 541. The number of epoxide rings is 2. The van der Waals surface area contributed by atoms with Gasteiger partial charge in [0.2, 0.25) is 0 Å². The van der Waals surface area contributed by atoms with Gasteiger partial charge in [-0.05, 0) is 69.3 Å². The lowest BCUT2D eigenvalue weighted by Gasteiger charge is -2.37. The van der Waals surface area contributed by atoms with E-state index in [0.717, 1.165) is 37.7 Å². The number of ether oxygens (including phenoxy) is 2. The molecule has 7 atom stereocenters. The summed E-state index contributed by atoms with van der Waals surface area (Å²) in [5.41, 5.74) is 0.912. The summed E-state index contributed by atoms with van der Waals surface area (Å²) in [5, 5.41) is 0. The van der Waals surface area contributed by atoms with Crippen LogP contribution in [-0.4, -0.2) is 29.2 Å². The minimum Gasteiger partial charge on any atom is -0.366 e. The number of carbonyl (C=O) groups is 1. The zero-order chi connectivity index (χ0) is 17.7. The Labute approximate surface area is 146 Å². The van der Waals surface area contributed by atoms with Gasteiger partial charge < -0.3 is 9.47 Å². The van der Waals surface area contributed by atoms with Gasteiger partial charge in [0, 0.05) is 6.42 Å². The summed E-state index contributed by atoms with van der Waals surface area (Å²) < 4.78 is 12.0. The van der Waals surface area contributed by atoms with Crippen LogP contribution in [0.1, 0.15) is 59.3 Å². The van der Waals surface area contributed by atoms with Crippen LogP contribution in [0.15, 0.2) is 25.3 Å². The fourth-order valence-electron chi connectivity index (χ4n) is 4.96. The summed E-state index contributed by atoms with van der Waals surface area (Å²) in [5.74, 6) is 1.60. The molecule has 0 radical (unpaired) electrons. The van der Waals surface area contributed by atoms with Crippen molar-refractivity contribution in [2.75, 3.05) is 0 Å². The zero-order valence-corrected chi connectivity index (χ0v) is 15.5. The fraction of sp³-hybridized carbons (Fsp3) is 0.762. The Kier molecular flexibility index (Phi) is 4.55. The van der Waals surface area contributed by atoms with E-state index in [4.69, 9.17) is 9.47 Å². The first-order chi connectivity index (χ1) is 11.3. The Hall–Kier alpha value is -0.930. The normalized spacial score (nSPS) is 50.2. The van der Waals surface area contributed by atoms with E-state index in [-0.39, 0.29) is 17.0 Å². The molecule has 2 heterocycles. The molecule has 3 nitrogen and oxygen atoms in total. The van der Waals surface area contributed by atoms with Gasteiger partial charge in [0.15, 0.2) is 5.78 Å². The number of Topliss-reactive ketones (excluding diaryl/α,β-unsaturated/α-hetero) is 1. The third-order valence-corrected chi connectivity index (χ3v) is 7.07. The van der Waals surface area contributed by atoms with Gasteiger partial charge in [-0.1, -0.05) is 13.5 Å². The van der Waals surface area contributed by atoms with Crippen molar-refractivity contribution in [1.82, 2.24) is 0 Å². The molecule has 24 heavy (non-hydrogen) atoms. The molecule has 0 N–H and O–H groups in total. The average molecular weight is 332 g/mol. The van der Waals surface area contributed by atoms with E-state index < -0.39 is 0 Å². The molecule has 2 saturated carbocycles. The van der Waals surface area contributed by atoms with Gasteiger partial charge in [0.05, 0.1) is 23.4 Å². The predicted molar refractivity (Wildman–Crippen MR) is 95.8 cm³/mol. The Morgan fingerprint density at radius 3 is 2.33 bits per heavy atom. The SMILES string of the molecule is C=C.C=C1C(=O)CC2CC3OC3(C)CCC3OC3(C)CCC1C2C. The maximum Gasteiger partial charge on any atom is 0.158 e. The van der Waals surface area contributed by atoms with Gasteiger partial charge >= 0.3 is 0 Å². The third kappa shape index (κ3) is 3.01. The number of fused-ring (bicyclic) bond motifs is 4. The summed E-state index contributed by atoms with van der Waals surface area (Å²) in [4.78, 5) is 12.4. The van der Waals surface area contributed by atoms with Crippen LogP contribution in [0, 0.1) is 17.8 Å². The molecule has 0 amide bonds. The van der Waals surface area contributed by atoms with Gasteiger partial charge in [0.25, 0.3) is 0 Å². The molecule has 4 aliphatic rings. The highest BCUT2D eigenvalue weighted by Crippen LogP contribution is 2.53. The summed E-state index contributed by atoms with van der Waals surface area (Å²) in [6, 6.07) is 0. The molecule has 0 aromatic carbocycles. The number of rotatable bonds is 0. The van der Waals surface area contributed by atoms with E-state index in [1.807, 2.05) is 0 Å². The van der Waals surface area contributed by atoms with Gasteiger partial charge in [-0.3, -0.25) is 4.79 Å². The largest absolute Gasteiger partial charge is 0.366 e. The third-order valence-electron chi connectivity index (χ3n) is 7.07. The van der Waals surface area contributed by atoms with Crippen LogP contribution in [-0.2, 0) is 14.3 Å². The first kappa shape index (κ1) is 17.9. The van der Waals surface area contributed by atoms with Crippen LogP contribution in [0.4, 0.5) is 0 Å². The standard InChI is InChI=1S/C19H28O3.C2H4/c1-11-13-9-15(20)12(2)14(11)5-7-18(3)16(21-18)6-8-19(4)17(10-13)22-19;1-2/h11,13-14,16-17H,2,5-10H2,1,3-4H3;1-2H2. The van der Waals surface area contributed by atoms with E-state index in [2.05, 4.69) is 40.5 Å². The van der Waals surface area contributed by atoms with Crippen molar-refractivity contribution in [2.24, 2.45) is 17.8 Å². The van der Waals surface area contributed by atoms with E-state index in [0.29, 0.717) is 36.4 Å². The second kappa shape index (κ2) is 6.10. The molecule has 3 heteroatoms. The lowest BCUT2D eigenvalue weighted by Crippen LogP contribution is -2.35. The lowest BCUT2D eigenvalue weighted by molar-refractivity contribution is -0.119. The Balaban J connectivity index is 0.000000815. The first-order valence-corrected chi connectivity index (χ1v) is 9.40. The molecule has 2 bridgehead atoms. The summed E-state index contributed by atoms with van der Waals surface area (Å²) in [6.45, 7) is 16.9. The Morgan fingerprint density at radius 2 is 1.62 bits per heavy atom.